The lowest BCUT2D eigenvalue weighted by atomic mass is 10.3. The van der Waals surface area contributed by atoms with Gasteiger partial charge in [-0.25, -0.2) is 17.0 Å². The summed E-state index contributed by atoms with van der Waals surface area (Å²) in [6.07, 6.45) is 4.16. The fourth-order valence-electron chi connectivity index (χ4n) is 1.65. The summed E-state index contributed by atoms with van der Waals surface area (Å²) >= 11 is 0. The maximum Gasteiger partial charge on any atom is 0.265 e. The maximum absolute atomic E-state index is 12.2. The SMILES string of the molecule is CN=S(C)(=O)c1cccc(NS(=O)(=O)c2cnn(C)c2)c1. The van der Waals surface area contributed by atoms with Crippen LogP contribution < -0.4 is 4.72 Å². The Hall–Kier alpha value is -1.87. The molecule has 1 aromatic heterocycles. The number of hydrogen-bond acceptors (Lipinski definition) is 5. The molecule has 1 N–H and O–H groups in total. The van der Waals surface area contributed by atoms with Gasteiger partial charge in [0.2, 0.25) is 0 Å². The normalized spacial score (nSPS) is 14.4. The van der Waals surface area contributed by atoms with Crippen molar-refractivity contribution < 1.29 is 12.6 Å². The highest BCUT2D eigenvalue weighted by Crippen LogP contribution is 2.20. The van der Waals surface area contributed by atoms with E-state index in [2.05, 4.69) is 14.2 Å². The molecule has 7 nitrogen and oxygen atoms in total. The Morgan fingerprint density at radius 3 is 2.52 bits per heavy atom. The molecule has 21 heavy (non-hydrogen) atoms. The van der Waals surface area contributed by atoms with Crippen LogP contribution in [0, 0.1) is 0 Å². The van der Waals surface area contributed by atoms with Crippen LogP contribution in [0.3, 0.4) is 0 Å². The first-order valence-electron chi connectivity index (χ1n) is 5.96. The highest BCUT2D eigenvalue weighted by Gasteiger charge is 2.16. The average molecular weight is 328 g/mol. The number of nitrogens with one attached hydrogen (secondary N) is 1. The molecule has 0 aliphatic heterocycles. The Morgan fingerprint density at radius 2 is 1.95 bits per heavy atom. The second kappa shape index (κ2) is 5.49. The smallest absolute Gasteiger partial charge is 0.265 e. The molecule has 0 aliphatic rings. The molecule has 0 fully saturated rings. The first-order chi connectivity index (χ1) is 9.74. The Kier molecular flexibility index (Phi) is 4.06. The first-order valence-corrected chi connectivity index (χ1v) is 9.37. The molecule has 0 saturated carbocycles. The van der Waals surface area contributed by atoms with Crippen LogP contribution in [0.1, 0.15) is 0 Å². The predicted octanol–water partition coefficient (Wildman–Crippen LogP) is 1.31. The van der Waals surface area contributed by atoms with Crippen LogP contribution in [0.2, 0.25) is 0 Å². The van der Waals surface area contributed by atoms with Gasteiger partial charge in [0, 0.05) is 31.4 Å². The summed E-state index contributed by atoms with van der Waals surface area (Å²) in [5.74, 6) is 0. The van der Waals surface area contributed by atoms with Gasteiger partial charge in [-0.15, -0.1) is 0 Å². The monoisotopic (exact) mass is 328 g/mol. The zero-order valence-electron chi connectivity index (χ0n) is 11.8. The van der Waals surface area contributed by atoms with Crippen molar-refractivity contribution in [2.45, 2.75) is 9.79 Å². The molecule has 0 aliphatic carbocycles. The minimum absolute atomic E-state index is 0.0628. The fourth-order valence-corrected chi connectivity index (χ4v) is 3.57. The molecular weight excluding hydrogens is 312 g/mol. The number of aryl methyl sites for hydroxylation is 1. The van der Waals surface area contributed by atoms with E-state index in [0.717, 1.165) is 0 Å². The van der Waals surface area contributed by atoms with Gasteiger partial charge in [-0.1, -0.05) is 6.07 Å². The van der Waals surface area contributed by atoms with Crippen LogP contribution in [0.25, 0.3) is 0 Å². The highest BCUT2D eigenvalue weighted by atomic mass is 32.2. The summed E-state index contributed by atoms with van der Waals surface area (Å²) in [7, 11) is -3.13. The average Bonchev–Trinajstić information content (AvgIpc) is 2.86. The molecule has 9 heteroatoms. The second-order valence-electron chi connectivity index (χ2n) is 4.47. The van der Waals surface area contributed by atoms with Crippen LogP contribution >= 0.6 is 0 Å². The van der Waals surface area contributed by atoms with Gasteiger partial charge >= 0.3 is 0 Å². The number of hydrogen-bond donors (Lipinski definition) is 1. The van der Waals surface area contributed by atoms with E-state index < -0.39 is 19.8 Å². The molecule has 1 unspecified atom stereocenters. The number of anilines is 1. The maximum atomic E-state index is 12.2. The van der Waals surface area contributed by atoms with Crippen molar-refractivity contribution in [1.29, 1.82) is 0 Å². The molecule has 1 aromatic carbocycles. The Balaban J connectivity index is 2.37. The molecule has 0 amide bonds. The molecule has 1 atom stereocenters. The van der Waals surface area contributed by atoms with E-state index in [1.54, 1.807) is 25.2 Å². The molecule has 0 saturated heterocycles. The van der Waals surface area contributed by atoms with Gasteiger partial charge in [-0.2, -0.15) is 5.10 Å². The summed E-state index contributed by atoms with van der Waals surface area (Å²) < 4.78 is 44.2. The van der Waals surface area contributed by atoms with E-state index in [-0.39, 0.29) is 4.90 Å². The topological polar surface area (TPSA) is 93.4 Å². The fraction of sp³-hybridized carbons (Fsp3) is 0.250. The third-order valence-electron chi connectivity index (χ3n) is 2.86. The summed E-state index contributed by atoms with van der Waals surface area (Å²) in [5.41, 5.74) is 0.328. The zero-order valence-corrected chi connectivity index (χ0v) is 13.5. The zero-order chi connectivity index (χ0) is 15.7. The summed E-state index contributed by atoms with van der Waals surface area (Å²) in [4.78, 5) is 0.532. The van der Waals surface area contributed by atoms with E-state index in [4.69, 9.17) is 0 Å². The molecule has 2 aromatic rings. The largest absolute Gasteiger partial charge is 0.279 e. The van der Waals surface area contributed by atoms with Crippen molar-refractivity contribution in [1.82, 2.24) is 9.78 Å². The van der Waals surface area contributed by atoms with E-state index in [1.165, 1.54) is 36.4 Å². The molecule has 0 bridgehead atoms. The second-order valence-corrected chi connectivity index (χ2v) is 8.59. The van der Waals surface area contributed by atoms with Crippen molar-refractivity contribution in [3.63, 3.8) is 0 Å². The van der Waals surface area contributed by atoms with Crippen LogP contribution in [-0.2, 0) is 26.8 Å². The van der Waals surface area contributed by atoms with E-state index in [1.807, 2.05) is 0 Å². The van der Waals surface area contributed by atoms with Gasteiger partial charge in [-0.3, -0.25) is 9.40 Å². The standard InChI is InChI=1S/C12H16N4O3S2/c1-13-20(3,17)11-6-4-5-10(7-11)15-21(18,19)12-8-14-16(2)9-12/h4-9,15H,1-3H3. The van der Waals surface area contributed by atoms with Gasteiger partial charge in [0.15, 0.2) is 0 Å². The van der Waals surface area contributed by atoms with E-state index in [0.29, 0.717) is 10.6 Å². The van der Waals surface area contributed by atoms with Gasteiger partial charge in [-0.05, 0) is 18.2 Å². The van der Waals surface area contributed by atoms with Crippen molar-refractivity contribution in [2.75, 3.05) is 18.0 Å². The number of nitrogens with zero attached hydrogens (tertiary/aromatic N) is 3. The lowest BCUT2D eigenvalue weighted by Gasteiger charge is -2.09. The van der Waals surface area contributed by atoms with Gasteiger partial charge in [0.05, 0.1) is 21.6 Å². The third kappa shape index (κ3) is 3.42. The van der Waals surface area contributed by atoms with Crippen LogP contribution in [0.15, 0.2) is 50.8 Å². The van der Waals surface area contributed by atoms with Gasteiger partial charge < -0.3 is 0 Å². The number of rotatable bonds is 4. The summed E-state index contributed by atoms with van der Waals surface area (Å²) in [6.45, 7) is 0. The molecule has 2 rings (SSSR count). The van der Waals surface area contributed by atoms with Gasteiger partial charge in [0.1, 0.15) is 4.90 Å². The quantitative estimate of drug-likeness (QED) is 0.915. The van der Waals surface area contributed by atoms with Gasteiger partial charge in [0.25, 0.3) is 10.0 Å². The molecular formula is C12H16N4O3S2. The number of benzene rings is 1. The summed E-state index contributed by atoms with van der Waals surface area (Å²) in [5, 5.41) is 3.83. The minimum Gasteiger partial charge on any atom is -0.279 e. The number of aromatic nitrogens is 2. The Morgan fingerprint density at radius 1 is 1.24 bits per heavy atom. The van der Waals surface area contributed by atoms with Crippen molar-refractivity contribution in [2.24, 2.45) is 11.4 Å². The molecule has 1 heterocycles. The summed E-state index contributed by atoms with van der Waals surface area (Å²) in [6, 6.07) is 6.38. The van der Waals surface area contributed by atoms with Crippen molar-refractivity contribution in [3.05, 3.63) is 36.7 Å². The van der Waals surface area contributed by atoms with Crippen LogP contribution in [-0.4, -0.2) is 35.7 Å². The van der Waals surface area contributed by atoms with Crippen molar-refractivity contribution >= 4 is 25.4 Å². The number of sulfonamides is 1. The van der Waals surface area contributed by atoms with E-state index >= 15 is 0 Å². The van der Waals surface area contributed by atoms with E-state index in [9.17, 15) is 12.6 Å². The minimum atomic E-state index is -3.72. The predicted molar refractivity (Wildman–Crippen MR) is 81.1 cm³/mol. The molecule has 0 spiro atoms. The Bertz CT molecular complexity index is 877. The van der Waals surface area contributed by atoms with Crippen LogP contribution in [0.5, 0.6) is 0 Å². The highest BCUT2D eigenvalue weighted by molar-refractivity contribution is 7.93. The first kappa shape index (κ1) is 15.5. The van der Waals surface area contributed by atoms with Crippen LogP contribution in [0.4, 0.5) is 5.69 Å². The molecule has 114 valence electrons. The molecule has 0 radical (unpaired) electrons. The Labute approximate surface area is 124 Å². The lowest BCUT2D eigenvalue weighted by Crippen LogP contribution is -2.12. The lowest BCUT2D eigenvalue weighted by molar-refractivity contribution is 0.601. The van der Waals surface area contributed by atoms with Crippen molar-refractivity contribution in [3.8, 4) is 0 Å². The third-order valence-corrected chi connectivity index (χ3v) is 6.02.